The van der Waals surface area contributed by atoms with E-state index in [4.69, 9.17) is 17.3 Å². The summed E-state index contributed by atoms with van der Waals surface area (Å²) in [5, 5.41) is 33.0. The average molecular weight is 365 g/mol. The van der Waals surface area contributed by atoms with Crippen LogP contribution in [0.4, 0.5) is 11.8 Å². The molecule has 10 heteroatoms. The van der Waals surface area contributed by atoms with Crippen LogP contribution in [-0.4, -0.2) is 53.7 Å². The van der Waals surface area contributed by atoms with Crippen molar-refractivity contribution in [3.63, 3.8) is 0 Å². The van der Waals surface area contributed by atoms with Crippen molar-refractivity contribution < 1.29 is 15.3 Å². The predicted molar refractivity (Wildman–Crippen MR) is 90.4 cm³/mol. The zero-order chi connectivity index (χ0) is 18.0. The van der Waals surface area contributed by atoms with Gasteiger partial charge in [-0.1, -0.05) is 17.5 Å². The lowest BCUT2D eigenvalue weighted by Gasteiger charge is -2.30. The number of aromatic nitrogens is 4. The summed E-state index contributed by atoms with van der Waals surface area (Å²) in [7, 11) is 0. The molecule has 7 N–H and O–H groups in total. The maximum atomic E-state index is 10.7. The Morgan fingerprint density at radius 1 is 1.44 bits per heavy atom. The number of rotatable bonds is 3. The second kappa shape index (κ2) is 6.85. The molecule has 0 spiro atoms. The van der Waals surface area contributed by atoms with Crippen LogP contribution < -0.4 is 11.1 Å². The summed E-state index contributed by atoms with van der Waals surface area (Å²) < 4.78 is 0. The predicted octanol–water partition coefficient (Wildman–Crippen LogP) is -0.301. The van der Waals surface area contributed by atoms with E-state index in [9.17, 15) is 15.3 Å². The van der Waals surface area contributed by atoms with E-state index in [1.807, 2.05) is 0 Å². The van der Waals surface area contributed by atoms with Crippen LogP contribution in [0.15, 0.2) is 12.4 Å². The Morgan fingerprint density at radius 2 is 2.24 bits per heavy atom. The highest BCUT2D eigenvalue weighted by Crippen LogP contribution is 2.36. The molecule has 0 saturated heterocycles. The molecule has 3 rings (SSSR count). The van der Waals surface area contributed by atoms with Gasteiger partial charge in [-0.2, -0.15) is 9.97 Å². The molecule has 3 atom stereocenters. The van der Waals surface area contributed by atoms with Crippen LogP contribution in [0.5, 0.6) is 0 Å². The van der Waals surface area contributed by atoms with Gasteiger partial charge in [-0.3, -0.25) is 0 Å². The molecule has 2 aromatic rings. The minimum absolute atomic E-state index is 0.00357. The first-order valence-corrected chi connectivity index (χ1v) is 7.94. The Morgan fingerprint density at radius 3 is 2.88 bits per heavy atom. The number of nitrogens with two attached hydrogens (primary N) is 1. The minimum Gasteiger partial charge on any atom is -0.396 e. The molecule has 132 valence electrons. The Balaban J connectivity index is 1.96. The summed E-state index contributed by atoms with van der Waals surface area (Å²) in [4.78, 5) is 14.7. The maximum Gasteiger partial charge on any atom is 0.223 e. The van der Waals surface area contributed by atoms with Gasteiger partial charge >= 0.3 is 0 Å². The number of aliphatic hydroxyl groups is 3. The standard InChI is InChI=1S/C15H17ClN6O3/c16-12-9(1-2-10-18-5-6-19-10)13(21-14(17)20-12)22-15(25)4-3-8(7-23)11(15)24/h5-6,8,11,23-25H,3-4,7H2,(H,18,19)(H3,17,20,21,22). The third-order valence-electron chi connectivity index (χ3n) is 4.09. The number of nitrogens with zero attached hydrogens (tertiary/aromatic N) is 3. The molecule has 3 unspecified atom stereocenters. The molecule has 1 aliphatic carbocycles. The molecule has 25 heavy (non-hydrogen) atoms. The van der Waals surface area contributed by atoms with Gasteiger partial charge in [-0.05, 0) is 18.8 Å². The van der Waals surface area contributed by atoms with Crippen molar-refractivity contribution in [1.29, 1.82) is 0 Å². The van der Waals surface area contributed by atoms with Crippen LogP contribution in [0.3, 0.4) is 0 Å². The first-order valence-electron chi connectivity index (χ1n) is 7.57. The fourth-order valence-corrected chi connectivity index (χ4v) is 2.96. The van der Waals surface area contributed by atoms with E-state index in [0.717, 1.165) is 0 Å². The molecule has 1 saturated carbocycles. The summed E-state index contributed by atoms with van der Waals surface area (Å²) in [6.45, 7) is -0.233. The number of halogens is 1. The lowest BCUT2D eigenvalue weighted by molar-refractivity contribution is -0.0545. The Labute approximate surface area is 148 Å². The first-order chi connectivity index (χ1) is 11.9. The van der Waals surface area contributed by atoms with Crippen molar-refractivity contribution in [3.05, 3.63) is 28.9 Å². The highest BCUT2D eigenvalue weighted by Gasteiger charge is 2.47. The molecule has 2 aromatic heterocycles. The molecule has 9 nitrogen and oxygen atoms in total. The van der Waals surface area contributed by atoms with Gasteiger partial charge in [-0.15, -0.1) is 0 Å². The van der Waals surface area contributed by atoms with Gasteiger partial charge in [0.05, 0.1) is 0 Å². The Kier molecular flexibility index (Phi) is 4.78. The zero-order valence-corrected chi connectivity index (χ0v) is 13.8. The van der Waals surface area contributed by atoms with Crippen molar-refractivity contribution >= 4 is 23.4 Å². The quantitative estimate of drug-likeness (QED) is 0.246. The number of nitrogen functional groups attached to an aromatic ring is 1. The number of imidazole rings is 1. The highest BCUT2D eigenvalue weighted by molar-refractivity contribution is 6.31. The highest BCUT2D eigenvalue weighted by atomic mass is 35.5. The summed E-state index contributed by atoms with van der Waals surface area (Å²) in [6.07, 6.45) is 2.65. The van der Waals surface area contributed by atoms with E-state index < -0.39 is 17.7 Å². The van der Waals surface area contributed by atoms with Gasteiger partial charge in [0, 0.05) is 24.9 Å². The molecule has 0 aliphatic heterocycles. The number of nitrogens with one attached hydrogen (secondary N) is 2. The molecule has 2 heterocycles. The lowest BCUT2D eigenvalue weighted by atomic mass is 10.0. The van der Waals surface area contributed by atoms with Crippen molar-refractivity contribution in [1.82, 2.24) is 19.9 Å². The van der Waals surface area contributed by atoms with Crippen LogP contribution in [-0.2, 0) is 0 Å². The molecule has 0 radical (unpaired) electrons. The number of anilines is 2. The Hall–Kier alpha value is -2.38. The smallest absolute Gasteiger partial charge is 0.223 e. The third kappa shape index (κ3) is 3.52. The lowest BCUT2D eigenvalue weighted by Crippen LogP contribution is -2.48. The Bertz CT molecular complexity index is 819. The molecular formula is C15H17ClN6O3. The number of aliphatic hydroxyl groups excluding tert-OH is 2. The summed E-state index contributed by atoms with van der Waals surface area (Å²) in [6, 6.07) is 0. The van der Waals surface area contributed by atoms with Crippen LogP contribution in [0.2, 0.25) is 5.15 Å². The van der Waals surface area contributed by atoms with Gasteiger partial charge in [-0.25, -0.2) is 4.98 Å². The van der Waals surface area contributed by atoms with Crippen LogP contribution in [0.25, 0.3) is 0 Å². The largest absolute Gasteiger partial charge is 0.396 e. The number of hydrogen-bond donors (Lipinski definition) is 6. The molecule has 1 aliphatic rings. The fourth-order valence-electron chi connectivity index (χ4n) is 2.74. The van der Waals surface area contributed by atoms with E-state index in [1.165, 1.54) is 0 Å². The van der Waals surface area contributed by atoms with E-state index in [2.05, 4.69) is 37.1 Å². The van der Waals surface area contributed by atoms with Crippen molar-refractivity contribution in [2.45, 2.75) is 24.7 Å². The molecule has 0 amide bonds. The van der Waals surface area contributed by atoms with Crippen molar-refractivity contribution in [3.8, 4) is 11.8 Å². The van der Waals surface area contributed by atoms with Crippen LogP contribution in [0.1, 0.15) is 24.2 Å². The first kappa shape index (κ1) is 17.4. The third-order valence-corrected chi connectivity index (χ3v) is 4.36. The second-order valence-corrected chi connectivity index (χ2v) is 6.12. The number of H-pyrrole nitrogens is 1. The fraction of sp³-hybridized carbons (Fsp3) is 0.400. The second-order valence-electron chi connectivity index (χ2n) is 5.76. The topological polar surface area (TPSA) is 153 Å². The van der Waals surface area contributed by atoms with Crippen LogP contribution in [0, 0.1) is 17.8 Å². The summed E-state index contributed by atoms with van der Waals surface area (Å²) >= 11 is 6.11. The van der Waals surface area contributed by atoms with Crippen molar-refractivity contribution in [2.75, 3.05) is 17.7 Å². The van der Waals surface area contributed by atoms with Gasteiger partial charge < -0.3 is 31.4 Å². The van der Waals surface area contributed by atoms with E-state index in [-0.39, 0.29) is 35.5 Å². The van der Waals surface area contributed by atoms with Gasteiger partial charge in [0.1, 0.15) is 11.7 Å². The molecule has 0 aromatic carbocycles. The maximum absolute atomic E-state index is 10.7. The monoisotopic (exact) mass is 364 g/mol. The normalized spacial score (nSPS) is 25.4. The van der Waals surface area contributed by atoms with E-state index in [0.29, 0.717) is 12.2 Å². The molecular weight excluding hydrogens is 348 g/mol. The zero-order valence-electron chi connectivity index (χ0n) is 13.1. The van der Waals surface area contributed by atoms with Gasteiger partial charge in [0.15, 0.2) is 22.5 Å². The SMILES string of the molecule is Nc1nc(Cl)c(C#Cc2ncc[nH]2)c(NC2(O)CCC(CO)C2O)n1. The number of aromatic amines is 1. The van der Waals surface area contributed by atoms with Gasteiger partial charge in [0.2, 0.25) is 5.95 Å². The van der Waals surface area contributed by atoms with Crippen molar-refractivity contribution in [2.24, 2.45) is 5.92 Å². The van der Waals surface area contributed by atoms with Gasteiger partial charge in [0.25, 0.3) is 0 Å². The number of hydrogen-bond acceptors (Lipinski definition) is 8. The minimum atomic E-state index is -1.68. The molecule has 0 bridgehead atoms. The average Bonchev–Trinajstić information content (AvgIpc) is 3.16. The van der Waals surface area contributed by atoms with Crippen LogP contribution >= 0.6 is 11.6 Å². The molecule has 1 fully saturated rings. The summed E-state index contributed by atoms with van der Waals surface area (Å²) in [5.41, 5.74) is 4.15. The van der Waals surface area contributed by atoms with E-state index >= 15 is 0 Å². The summed E-state index contributed by atoms with van der Waals surface area (Å²) in [5.74, 6) is 5.51. The van der Waals surface area contributed by atoms with E-state index in [1.54, 1.807) is 12.4 Å².